The van der Waals surface area contributed by atoms with Gasteiger partial charge in [0.05, 0.1) is 0 Å². The summed E-state index contributed by atoms with van der Waals surface area (Å²) in [6.07, 6.45) is 0. The van der Waals surface area contributed by atoms with Gasteiger partial charge in [-0.2, -0.15) is 0 Å². The molecular formula is C20H48N4P2Si. The quantitative estimate of drug-likeness (QED) is 0.378. The van der Waals surface area contributed by atoms with E-state index in [9.17, 15) is 0 Å². The van der Waals surface area contributed by atoms with E-state index in [1.54, 1.807) is 0 Å². The Morgan fingerprint density at radius 1 is 0.667 bits per heavy atom. The minimum absolute atomic E-state index is 0.00412. The average molecular weight is 435 g/mol. The summed E-state index contributed by atoms with van der Waals surface area (Å²) in [6.45, 7) is 35.5. The molecule has 0 aromatic heterocycles. The largest absolute Gasteiger partial charge is 0.273 e. The zero-order valence-corrected chi connectivity index (χ0v) is 23.5. The molecule has 4 nitrogen and oxygen atoms in total. The summed E-state index contributed by atoms with van der Waals surface area (Å²) in [4.78, 5) is 0. The van der Waals surface area contributed by atoms with Crippen molar-refractivity contribution in [1.29, 1.82) is 0 Å². The molecular weight excluding hydrogens is 386 g/mol. The Bertz CT molecular complexity index is 445. The second-order valence-corrected chi connectivity index (χ2v) is 19.4. The number of hydrogen-bond acceptors (Lipinski definition) is 4. The molecule has 7 heteroatoms. The second-order valence-electron chi connectivity index (χ2n) is 11.0. The number of hydrogen-bond donors (Lipinski definition) is 0. The zero-order chi connectivity index (χ0) is 21.5. The SMILES string of the molecule is CC(C)N1CCN(C(C)C)P1C.CP1N(C(C)(C)C)[Si](C)(C)N1C(C)(C)C. The van der Waals surface area contributed by atoms with Crippen molar-refractivity contribution in [1.82, 2.24) is 18.0 Å². The van der Waals surface area contributed by atoms with Gasteiger partial charge in [0.15, 0.2) is 0 Å². The van der Waals surface area contributed by atoms with Gasteiger partial charge in [-0.3, -0.25) is 18.0 Å². The van der Waals surface area contributed by atoms with E-state index in [1.165, 1.54) is 13.1 Å². The summed E-state index contributed by atoms with van der Waals surface area (Å²) in [5.74, 6) is 0. The predicted octanol–water partition coefficient (Wildman–Crippen LogP) is 6.21. The molecule has 162 valence electrons. The van der Waals surface area contributed by atoms with Gasteiger partial charge in [-0.05, 0) is 95.7 Å². The Labute approximate surface area is 174 Å². The average Bonchev–Trinajstić information content (AvgIpc) is 2.76. The fourth-order valence-corrected chi connectivity index (χ4v) is 19.1. The monoisotopic (exact) mass is 434 g/mol. The van der Waals surface area contributed by atoms with E-state index in [0.717, 1.165) is 0 Å². The summed E-state index contributed by atoms with van der Waals surface area (Å²) in [5.41, 5.74) is 0.663. The third kappa shape index (κ3) is 5.75. The normalized spacial score (nSPS) is 24.4. The fourth-order valence-electron chi connectivity index (χ4n) is 5.19. The van der Waals surface area contributed by atoms with E-state index in [2.05, 4.69) is 114 Å². The first-order valence-electron chi connectivity index (χ1n) is 10.5. The highest BCUT2D eigenvalue weighted by Gasteiger charge is 2.59. The molecule has 0 aromatic carbocycles. The van der Waals surface area contributed by atoms with Crippen LogP contribution >= 0.6 is 16.4 Å². The van der Waals surface area contributed by atoms with E-state index in [1.807, 2.05) is 0 Å². The van der Waals surface area contributed by atoms with E-state index in [4.69, 9.17) is 0 Å². The van der Waals surface area contributed by atoms with Gasteiger partial charge in [-0.15, -0.1) is 0 Å². The van der Waals surface area contributed by atoms with Crippen LogP contribution < -0.4 is 0 Å². The molecule has 0 atom stereocenters. The maximum atomic E-state index is 2.79. The van der Waals surface area contributed by atoms with E-state index in [0.29, 0.717) is 23.2 Å². The van der Waals surface area contributed by atoms with Crippen molar-refractivity contribution in [2.45, 2.75) is 105 Å². The van der Waals surface area contributed by atoms with Gasteiger partial charge in [-0.1, -0.05) is 0 Å². The molecule has 0 aliphatic carbocycles. The van der Waals surface area contributed by atoms with Crippen LogP contribution in [0.3, 0.4) is 0 Å². The molecule has 0 spiro atoms. The maximum Gasteiger partial charge on any atom is 0.210 e. The molecule has 0 radical (unpaired) electrons. The summed E-state index contributed by atoms with van der Waals surface area (Å²) >= 11 is 0. The van der Waals surface area contributed by atoms with Crippen LogP contribution in [0.5, 0.6) is 0 Å². The summed E-state index contributed by atoms with van der Waals surface area (Å²) in [6, 6.07) is 1.43. The van der Waals surface area contributed by atoms with Crippen LogP contribution in [0.1, 0.15) is 69.2 Å². The molecule has 0 amide bonds. The van der Waals surface area contributed by atoms with Crippen LogP contribution in [0.15, 0.2) is 0 Å². The topological polar surface area (TPSA) is 13.0 Å². The Kier molecular flexibility index (Phi) is 8.61. The van der Waals surface area contributed by atoms with Gasteiger partial charge in [-0.25, -0.2) is 0 Å². The molecule has 0 bridgehead atoms. The van der Waals surface area contributed by atoms with Gasteiger partial charge < -0.3 is 0 Å². The van der Waals surface area contributed by atoms with Crippen molar-refractivity contribution in [2.75, 3.05) is 26.4 Å². The van der Waals surface area contributed by atoms with Gasteiger partial charge in [0.25, 0.3) is 0 Å². The third-order valence-corrected chi connectivity index (χ3v) is 18.6. The molecule has 0 saturated carbocycles. The Balaban J connectivity index is 0.000000277. The Morgan fingerprint density at radius 2 is 0.963 bits per heavy atom. The van der Waals surface area contributed by atoms with Crippen molar-refractivity contribution in [3.8, 4) is 0 Å². The van der Waals surface area contributed by atoms with Gasteiger partial charge in [0, 0.05) is 52.7 Å². The van der Waals surface area contributed by atoms with Crippen molar-refractivity contribution >= 4 is 24.8 Å². The minimum Gasteiger partial charge on any atom is -0.273 e. The fraction of sp³-hybridized carbons (Fsp3) is 1.00. The highest BCUT2D eigenvalue weighted by atomic mass is 31.1. The second kappa shape index (κ2) is 8.96. The van der Waals surface area contributed by atoms with Crippen molar-refractivity contribution in [3.63, 3.8) is 0 Å². The van der Waals surface area contributed by atoms with Crippen LogP contribution in [-0.4, -0.2) is 76.0 Å². The standard InChI is InChI=1S/C11H27N2PSi.C9H21N2P/c1-10(2,3)12-14(7)13(11(4,5)6)15(12,8)9;1-8(2)10-6-7-11(9(3)4)12(10)5/h1-9H3;8-9H,6-7H2,1-5H3. The van der Waals surface area contributed by atoms with Crippen LogP contribution in [0.4, 0.5) is 0 Å². The Hall–Kier alpha value is 0.917. The van der Waals surface area contributed by atoms with Crippen LogP contribution in [0.2, 0.25) is 13.1 Å². The van der Waals surface area contributed by atoms with E-state index < -0.39 is 8.40 Å². The van der Waals surface area contributed by atoms with Gasteiger partial charge in [0.1, 0.15) is 0 Å². The molecule has 0 N–H and O–H groups in total. The smallest absolute Gasteiger partial charge is 0.210 e. The predicted molar refractivity (Wildman–Crippen MR) is 130 cm³/mol. The highest BCUT2D eigenvalue weighted by Crippen LogP contribution is 2.64. The van der Waals surface area contributed by atoms with Crippen molar-refractivity contribution < 1.29 is 0 Å². The van der Waals surface area contributed by atoms with Crippen molar-refractivity contribution in [3.05, 3.63) is 0 Å². The van der Waals surface area contributed by atoms with Gasteiger partial charge >= 0.3 is 0 Å². The molecule has 0 aromatic rings. The molecule has 2 aliphatic heterocycles. The third-order valence-electron chi connectivity index (χ3n) is 5.38. The molecule has 2 heterocycles. The summed E-state index contributed by atoms with van der Waals surface area (Å²) in [5, 5.41) is 0. The van der Waals surface area contributed by atoms with Gasteiger partial charge in [0.2, 0.25) is 8.40 Å². The van der Waals surface area contributed by atoms with E-state index >= 15 is 0 Å². The van der Waals surface area contributed by atoms with E-state index in [-0.39, 0.29) is 16.4 Å². The Morgan fingerprint density at radius 3 is 1.11 bits per heavy atom. The first-order chi connectivity index (χ1) is 11.9. The van der Waals surface area contributed by atoms with Crippen LogP contribution in [0.25, 0.3) is 0 Å². The molecule has 2 saturated heterocycles. The molecule has 0 unspecified atom stereocenters. The molecule has 27 heavy (non-hydrogen) atoms. The van der Waals surface area contributed by atoms with Crippen LogP contribution in [0, 0.1) is 0 Å². The highest BCUT2D eigenvalue weighted by molar-refractivity contribution is 7.61. The lowest BCUT2D eigenvalue weighted by Gasteiger charge is -2.69. The minimum atomic E-state index is -1.35. The summed E-state index contributed by atoms with van der Waals surface area (Å²) < 4.78 is 10.8. The lowest BCUT2D eigenvalue weighted by atomic mass is 10.1. The zero-order valence-electron chi connectivity index (χ0n) is 20.8. The lowest BCUT2D eigenvalue weighted by Crippen LogP contribution is -2.76. The first kappa shape index (κ1) is 26.0. The van der Waals surface area contributed by atoms with Crippen LogP contribution in [-0.2, 0) is 0 Å². The molecule has 2 fully saturated rings. The number of rotatable bonds is 2. The molecule has 2 rings (SSSR count). The number of nitrogens with zero attached hydrogens (tertiary/aromatic N) is 4. The molecule has 2 aliphatic rings. The summed E-state index contributed by atoms with van der Waals surface area (Å²) in [7, 11) is -1.43. The first-order valence-corrected chi connectivity index (χ1v) is 16.8. The van der Waals surface area contributed by atoms with Crippen molar-refractivity contribution in [2.24, 2.45) is 0 Å². The maximum absolute atomic E-state index is 2.79. The lowest BCUT2D eigenvalue weighted by molar-refractivity contribution is 0.241.